The summed E-state index contributed by atoms with van der Waals surface area (Å²) in [4.78, 5) is 25.3. The third-order valence-electron chi connectivity index (χ3n) is 4.37. The smallest absolute Gasteiger partial charge is 0.326 e. The molecule has 0 unspecified atom stereocenters. The molecule has 126 valence electrons. The summed E-state index contributed by atoms with van der Waals surface area (Å²) in [6.07, 6.45) is -0.430. The van der Waals surface area contributed by atoms with Crippen LogP contribution in [0.4, 0.5) is 8.78 Å². The lowest BCUT2D eigenvalue weighted by Crippen LogP contribution is -2.46. The molecule has 0 spiro atoms. The van der Waals surface area contributed by atoms with Crippen molar-refractivity contribution >= 4 is 11.9 Å². The molecule has 0 heterocycles. The molecule has 1 fully saturated rings. The SMILES string of the molecule is C[C@@H](C(=O)O)N(Cc1ccccc1)C(=O)C1CCC(F)(F)CC1. The summed E-state index contributed by atoms with van der Waals surface area (Å²) in [7, 11) is 0. The van der Waals surface area contributed by atoms with Crippen molar-refractivity contribution < 1.29 is 23.5 Å². The van der Waals surface area contributed by atoms with Crippen LogP contribution in [-0.4, -0.2) is 33.8 Å². The number of halogens is 2. The van der Waals surface area contributed by atoms with Gasteiger partial charge < -0.3 is 10.0 Å². The lowest BCUT2D eigenvalue weighted by Gasteiger charge is -2.34. The van der Waals surface area contributed by atoms with Crippen LogP contribution >= 0.6 is 0 Å². The summed E-state index contributed by atoms with van der Waals surface area (Å²) in [5, 5.41) is 9.25. The van der Waals surface area contributed by atoms with Crippen LogP contribution in [0.2, 0.25) is 0 Å². The van der Waals surface area contributed by atoms with Gasteiger partial charge in [0.25, 0.3) is 0 Å². The molecule has 0 aromatic heterocycles. The highest BCUT2D eigenvalue weighted by Gasteiger charge is 2.40. The molecule has 1 N–H and O–H groups in total. The summed E-state index contributed by atoms with van der Waals surface area (Å²) in [6.45, 7) is 1.61. The van der Waals surface area contributed by atoms with Gasteiger partial charge in [-0.1, -0.05) is 30.3 Å². The Morgan fingerprint density at radius 1 is 1.26 bits per heavy atom. The van der Waals surface area contributed by atoms with Gasteiger partial charge in [-0.15, -0.1) is 0 Å². The topological polar surface area (TPSA) is 57.6 Å². The van der Waals surface area contributed by atoms with Gasteiger partial charge in [-0.05, 0) is 25.3 Å². The van der Waals surface area contributed by atoms with Gasteiger partial charge in [0.1, 0.15) is 6.04 Å². The van der Waals surface area contributed by atoms with Gasteiger partial charge in [0.05, 0.1) is 0 Å². The van der Waals surface area contributed by atoms with Crippen molar-refractivity contribution in [2.24, 2.45) is 5.92 Å². The quantitative estimate of drug-likeness (QED) is 0.903. The zero-order chi connectivity index (χ0) is 17.0. The molecule has 0 aliphatic heterocycles. The van der Waals surface area contributed by atoms with Gasteiger partial charge in [0.2, 0.25) is 11.8 Å². The van der Waals surface area contributed by atoms with E-state index in [1.807, 2.05) is 30.3 Å². The first-order valence-electron chi connectivity index (χ1n) is 7.75. The van der Waals surface area contributed by atoms with Gasteiger partial charge in [0, 0.05) is 25.3 Å². The van der Waals surface area contributed by atoms with Crippen LogP contribution in [-0.2, 0) is 16.1 Å². The maximum atomic E-state index is 13.3. The standard InChI is InChI=1S/C17H21F2NO3/c1-12(16(22)23)20(11-13-5-3-2-4-6-13)15(21)14-7-9-17(18,19)10-8-14/h2-6,12,14H,7-11H2,1H3,(H,22,23)/t12-/m0/s1. The van der Waals surface area contributed by atoms with Crippen molar-refractivity contribution in [3.8, 4) is 0 Å². The fraction of sp³-hybridized carbons (Fsp3) is 0.529. The fourth-order valence-electron chi connectivity index (χ4n) is 2.84. The molecule has 1 aromatic rings. The zero-order valence-corrected chi connectivity index (χ0v) is 13.0. The van der Waals surface area contributed by atoms with E-state index in [1.165, 1.54) is 11.8 Å². The molecule has 1 atom stereocenters. The first kappa shape index (κ1) is 17.4. The molecule has 0 radical (unpaired) electrons. The fourth-order valence-corrected chi connectivity index (χ4v) is 2.84. The molecular formula is C17H21F2NO3. The van der Waals surface area contributed by atoms with Crippen LogP contribution in [0.5, 0.6) is 0 Å². The number of carboxylic acid groups (broad SMARTS) is 1. The largest absolute Gasteiger partial charge is 0.480 e. The van der Waals surface area contributed by atoms with Crippen LogP contribution in [0.15, 0.2) is 30.3 Å². The summed E-state index contributed by atoms with van der Waals surface area (Å²) < 4.78 is 26.5. The lowest BCUT2D eigenvalue weighted by molar-refractivity contribution is -0.154. The molecule has 1 saturated carbocycles. The summed E-state index contributed by atoms with van der Waals surface area (Å²) in [6, 6.07) is 8.08. The van der Waals surface area contributed by atoms with E-state index in [4.69, 9.17) is 0 Å². The molecule has 4 nitrogen and oxygen atoms in total. The normalized spacial score (nSPS) is 19.1. The number of nitrogens with zero attached hydrogens (tertiary/aromatic N) is 1. The predicted octanol–water partition coefficient (Wildman–Crippen LogP) is 3.31. The third kappa shape index (κ3) is 4.50. The molecule has 1 amide bonds. The molecule has 6 heteroatoms. The Bertz CT molecular complexity index is 552. The minimum atomic E-state index is -2.71. The Kier molecular flexibility index (Phi) is 5.34. The minimum absolute atomic E-state index is 0.101. The van der Waals surface area contributed by atoms with E-state index in [0.717, 1.165) is 5.56 Å². The number of carboxylic acids is 1. The number of carbonyl (C=O) groups is 2. The second kappa shape index (κ2) is 7.06. The van der Waals surface area contributed by atoms with Crippen LogP contribution in [0, 0.1) is 5.92 Å². The Morgan fingerprint density at radius 2 is 1.83 bits per heavy atom. The maximum absolute atomic E-state index is 13.3. The highest BCUT2D eigenvalue weighted by atomic mass is 19.3. The molecule has 1 aliphatic carbocycles. The average Bonchev–Trinajstić information content (AvgIpc) is 2.52. The van der Waals surface area contributed by atoms with Crippen molar-refractivity contribution in [3.63, 3.8) is 0 Å². The van der Waals surface area contributed by atoms with Crippen molar-refractivity contribution in [1.82, 2.24) is 4.90 Å². The van der Waals surface area contributed by atoms with Crippen LogP contribution in [0.3, 0.4) is 0 Å². The van der Waals surface area contributed by atoms with Crippen molar-refractivity contribution in [2.45, 2.75) is 51.1 Å². The van der Waals surface area contributed by atoms with Crippen molar-refractivity contribution in [1.29, 1.82) is 0 Å². The molecule has 0 saturated heterocycles. The number of aliphatic carboxylic acids is 1. The first-order chi connectivity index (χ1) is 10.8. The third-order valence-corrected chi connectivity index (χ3v) is 4.37. The molecular weight excluding hydrogens is 304 g/mol. The van der Waals surface area contributed by atoms with E-state index in [9.17, 15) is 23.5 Å². The second-order valence-corrected chi connectivity index (χ2v) is 6.10. The molecule has 2 rings (SSSR count). The Hall–Kier alpha value is -1.98. The van der Waals surface area contributed by atoms with Crippen molar-refractivity contribution in [3.05, 3.63) is 35.9 Å². The summed E-state index contributed by atoms with van der Waals surface area (Å²) in [5.74, 6) is -4.69. The molecule has 1 aliphatic rings. The Morgan fingerprint density at radius 3 is 2.35 bits per heavy atom. The van der Waals surface area contributed by atoms with E-state index in [0.29, 0.717) is 0 Å². The van der Waals surface area contributed by atoms with Crippen LogP contribution in [0.25, 0.3) is 0 Å². The molecule has 0 bridgehead atoms. The summed E-state index contributed by atoms with van der Waals surface area (Å²) >= 11 is 0. The lowest BCUT2D eigenvalue weighted by atomic mass is 9.85. The number of carbonyl (C=O) groups excluding carboxylic acids is 1. The van der Waals surface area contributed by atoms with Crippen molar-refractivity contribution in [2.75, 3.05) is 0 Å². The van der Waals surface area contributed by atoms with E-state index in [2.05, 4.69) is 0 Å². The number of amides is 1. The number of rotatable bonds is 5. The first-order valence-corrected chi connectivity index (χ1v) is 7.75. The van der Waals surface area contributed by atoms with Gasteiger partial charge >= 0.3 is 5.97 Å². The number of alkyl halides is 2. The number of benzene rings is 1. The number of hydrogen-bond donors (Lipinski definition) is 1. The zero-order valence-electron chi connectivity index (χ0n) is 13.0. The van der Waals surface area contributed by atoms with Crippen LogP contribution < -0.4 is 0 Å². The van der Waals surface area contributed by atoms with Gasteiger partial charge in [0.15, 0.2) is 0 Å². The van der Waals surface area contributed by atoms with E-state index < -0.39 is 23.9 Å². The van der Waals surface area contributed by atoms with Gasteiger partial charge in [-0.3, -0.25) is 4.79 Å². The minimum Gasteiger partial charge on any atom is -0.480 e. The monoisotopic (exact) mass is 325 g/mol. The van der Waals surface area contributed by atoms with Gasteiger partial charge in [-0.25, -0.2) is 13.6 Å². The van der Waals surface area contributed by atoms with Crippen LogP contribution in [0.1, 0.15) is 38.2 Å². The molecule has 23 heavy (non-hydrogen) atoms. The average molecular weight is 325 g/mol. The predicted molar refractivity (Wildman–Crippen MR) is 81.0 cm³/mol. The summed E-state index contributed by atoms with van der Waals surface area (Å²) in [5.41, 5.74) is 0.815. The Balaban J connectivity index is 2.13. The second-order valence-electron chi connectivity index (χ2n) is 6.10. The van der Waals surface area contributed by atoms with E-state index in [1.54, 1.807) is 0 Å². The number of hydrogen-bond acceptors (Lipinski definition) is 2. The highest BCUT2D eigenvalue weighted by Crippen LogP contribution is 2.37. The van der Waals surface area contributed by atoms with E-state index >= 15 is 0 Å². The van der Waals surface area contributed by atoms with E-state index in [-0.39, 0.29) is 38.1 Å². The van der Waals surface area contributed by atoms with Gasteiger partial charge in [-0.2, -0.15) is 0 Å². The maximum Gasteiger partial charge on any atom is 0.326 e. The molecule has 1 aromatic carbocycles. The Labute approximate surface area is 134 Å². The highest BCUT2D eigenvalue weighted by molar-refractivity contribution is 5.85.